The number of aryl methyl sites for hydroxylation is 2. The SMILES string of the molecule is O=C(NCCc1cn2c(n1)CCCC2)NCC[C@H](O)c1ccccc1. The van der Waals surface area contributed by atoms with Crippen molar-refractivity contribution in [2.75, 3.05) is 13.1 Å². The largest absolute Gasteiger partial charge is 0.388 e. The summed E-state index contributed by atoms with van der Waals surface area (Å²) >= 11 is 0. The van der Waals surface area contributed by atoms with Gasteiger partial charge in [0.1, 0.15) is 5.82 Å². The summed E-state index contributed by atoms with van der Waals surface area (Å²) < 4.78 is 2.23. The summed E-state index contributed by atoms with van der Waals surface area (Å²) in [6, 6.07) is 9.27. The fraction of sp³-hybridized carbons (Fsp3) is 0.474. The molecule has 0 aliphatic carbocycles. The topological polar surface area (TPSA) is 79.2 Å². The standard InChI is InChI=1S/C19H26N4O2/c24-17(15-6-2-1-3-7-15)10-12-21-19(25)20-11-9-16-14-23-13-5-4-8-18(23)22-16/h1-3,6-7,14,17,24H,4-5,8-13H2,(H2,20,21,25)/t17-/m0/s1. The van der Waals surface area contributed by atoms with Gasteiger partial charge in [0.05, 0.1) is 11.8 Å². The van der Waals surface area contributed by atoms with Gasteiger partial charge in [0.2, 0.25) is 0 Å². The van der Waals surface area contributed by atoms with Crippen molar-refractivity contribution in [1.82, 2.24) is 20.2 Å². The normalized spacial score (nSPS) is 14.6. The maximum absolute atomic E-state index is 11.8. The summed E-state index contributed by atoms with van der Waals surface area (Å²) in [4.78, 5) is 16.4. The van der Waals surface area contributed by atoms with Gasteiger partial charge in [-0.1, -0.05) is 30.3 Å². The van der Waals surface area contributed by atoms with Crippen LogP contribution < -0.4 is 10.6 Å². The highest BCUT2D eigenvalue weighted by Gasteiger charge is 2.12. The summed E-state index contributed by atoms with van der Waals surface area (Å²) in [6.07, 6.45) is 6.26. The van der Waals surface area contributed by atoms with E-state index < -0.39 is 6.10 Å². The molecule has 0 saturated heterocycles. The molecule has 1 atom stereocenters. The van der Waals surface area contributed by atoms with Crippen LogP contribution in [-0.4, -0.2) is 33.8 Å². The predicted octanol–water partition coefficient (Wildman–Crippen LogP) is 2.18. The molecule has 0 bridgehead atoms. The number of fused-ring (bicyclic) bond motifs is 1. The van der Waals surface area contributed by atoms with Crippen LogP contribution in [0.4, 0.5) is 4.79 Å². The van der Waals surface area contributed by atoms with Gasteiger partial charge in [-0.05, 0) is 24.8 Å². The molecule has 1 aliphatic heterocycles. The molecule has 1 aromatic heterocycles. The first kappa shape index (κ1) is 17.5. The van der Waals surface area contributed by atoms with Gasteiger partial charge >= 0.3 is 6.03 Å². The molecule has 25 heavy (non-hydrogen) atoms. The number of amides is 2. The molecule has 6 heteroatoms. The van der Waals surface area contributed by atoms with Crippen molar-refractivity contribution in [3.8, 4) is 0 Å². The van der Waals surface area contributed by atoms with Gasteiger partial charge in [-0.2, -0.15) is 0 Å². The van der Waals surface area contributed by atoms with Gasteiger partial charge in [-0.15, -0.1) is 0 Å². The number of imidazole rings is 1. The van der Waals surface area contributed by atoms with Crippen LogP contribution >= 0.6 is 0 Å². The summed E-state index contributed by atoms with van der Waals surface area (Å²) in [5.41, 5.74) is 1.91. The minimum atomic E-state index is -0.557. The summed E-state index contributed by atoms with van der Waals surface area (Å²) in [6.45, 7) is 2.05. The summed E-state index contributed by atoms with van der Waals surface area (Å²) in [5, 5.41) is 15.7. The average Bonchev–Trinajstić information content (AvgIpc) is 3.05. The van der Waals surface area contributed by atoms with Crippen LogP contribution in [0.1, 0.15) is 42.4 Å². The Kier molecular flexibility index (Phi) is 6.06. The van der Waals surface area contributed by atoms with Crippen molar-refractivity contribution in [3.05, 3.63) is 53.6 Å². The van der Waals surface area contributed by atoms with E-state index >= 15 is 0 Å². The molecule has 1 aromatic carbocycles. The van der Waals surface area contributed by atoms with E-state index in [1.807, 2.05) is 30.3 Å². The van der Waals surface area contributed by atoms with E-state index in [0.29, 0.717) is 19.5 Å². The number of aliphatic hydroxyl groups excluding tert-OH is 1. The Balaban J connectivity index is 1.32. The fourth-order valence-corrected chi connectivity index (χ4v) is 3.12. The van der Waals surface area contributed by atoms with E-state index in [0.717, 1.165) is 30.6 Å². The van der Waals surface area contributed by atoms with Crippen molar-refractivity contribution < 1.29 is 9.90 Å². The average molecular weight is 342 g/mol. The van der Waals surface area contributed by atoms with Crippen molar-refractivity contribution in [2.24, 2.45) is 0 Å². The molecule has 2 aromatic rings. The molecule has 3 N–H and O–H groups in total. The molecule has 0 spiro atoms. The molecule has 3 rings (SSSR count). The van der Waals surface area contributed by atoms with E-state index in [4.69, 9.17) is 0 Å². The second kappa shape index (κ2) is 8.67. The number of benzene rings is 1. The highest BCUT2D eigenvalue weighted by molar-refractivity contribution is 5.73. The number of nitrogens with zero attached hydrogens (tertiary/aromatic N) is 2. The van der Waals surface area contributed by atoms with Crippen LogP contribution in [0.15, 0.2) is 36.5 Å². The zero-order chi connectivity index (χ0) is 17.5. The maximum Gasteiger partial charge on any atom is 0.314 e. The Morgan fingerprint density at radius 2 is 2.00 bits per heavy atom. The molecule has 2 heterocycles. The van der Waals surface area contributed by atoms with Crippen molar-refractivity contribution in [3.63, 3.8) is 0 Å². The van der Waals surface area contributed by atoms with Gasteiger partial charge in [-0.25, -0.2) is 9.78 Å². The highest BCUT2D eigenvalue weighted by atomic mass is 16.3. The van der Waals surface area contributed by atoms with E-state index in [9.17, 15) is 9.90 Å². The van der Waals surface area contributed by atoms with Crippen molar-refractivity contribution in [2.45, 2.75) is 44.8 Å². The Morgan fingerprint density at radius 1 is 1.20 bits per heavy atom. The summed E-state index contributed by atoms with van der Waals surface area (Å²) in [5.74, 6) is 1.17. The first-order valence-corrected chi connectivity index (χ1v) is 9.02. The van der Waals surface area contributed by atoms with E-state index in [1.165, 1.54) is 18.7 Å². The van der Waals surface area contributed by atoms with Gasteiger partial charge in [0.25, 0.3) is 0 Å². The van der Waals surface area contributed by atoms with Crippen molar-refractivity contribution in [1.29, 1.82) is 0 Å². The molecule has 1 aliphatic rings. The minimum absolute atomic E-state index is 0.204. The number of urea groups is 1. The van der Waals surface area contributed by atoms with Gasteiger partial charge in [0, 0.05) is 38.7 Å². The Labute approximate surface area is 148 Å². The lowest BCUT2D eigenvalue weighted by atomic mass is 10.1. The molecule has 0 radical (unpaired) electrons. The monoisotopic (exact) mass is 342 g/mol. The second-order valence-corrected chi connectivity index (χ2v) is 6.45. The first-order chi connectivity index (χ1) is 12.2. The van der Waals surface area contributed by atoms with E-state index in [1.54, 1.807) is 0 Å². The first-order valence-electron chi connectivity index (χ1n) is 9.02. The third-order valence-corrected chi connectivity index (χ3v) is 4.51. The highest BCUT2D eigenvalue weighted by Crippen LogP contribution is 2.15. The number of hydrogen-bond acceptors (Lipinski definition) is 3. The minimum Gasteiger partial charge on any atom is -0.388 e. The number of aliphatic hydroxyl groups is 1. The number of carbonyl (C=O) groups excluding carboxylic acids is 1. The predicted molar refractivity (Wildman–Crippen MR) is 96.3 cm³/mol. The Hall–Kier alpha value is -2.34. The van der Waals surface area contributed by atoms with Crippen LogP contribution in [0.5, 0.6) is 0 Å². The zero-order valence-electron chi connectivity index (χ0n) is 14.4. The van der Waals surface area contributed by atoms with Crippen molar-refractivity contribution >= 4 is 6.03 Å². The smallest absolute Gasteiger partial charge is 0.314 e. The van der Waals surface area contributed by atoms with Crippen LogP contribution in [-0.2, 0) is 19.4 Å². The maximum atomic E-state index is 11.8. The number of hydrogen-bond donors (Lipinski definition) is 3. The lowest BCUT2D eigenvalue weighted by Crippen LogP contribution is -2.37. The molecule has 0 unspecified atom stereocenters. The fourth-order valence-electron chi connectivity index (χ4n) is 3.12. The molecular weight excluding hydrogens is 316 g/mol. The number of nitrogens with one attached hydrogen (secondary N) is 2. The van der Waals surface area contributed by atoms with Crippen LogP contribution in [0.25, 0.3) is 0 Å². The third kappa shape index (κ3) is 5.06. The Bertz CT molecular complexity index is 660. The molecule has 0 saturated carbocycles. The van der Waals surface area contributed by atoms with Gasteiger partial charge < -0.3 is 20.3 Å². The molecule has 0 fully saturated rings. The van der Waals surface area contributed by atoms with Gasteiger partial charge in [-0.3, -0.25) is 0 Å². The third-order valence-electron chi connectivity index (χ3n) is 4.51. The quantitative estimate of drug-likeness (QED) is 0.722. The number of carbonyl (C=O) groups is 1. The molecule has 134 valence electrons. The van der Waals surface area contributed by atoms with Crippen LogP contribution in [0.3, 0.4) is 0 Å². The molecular formula is C19H26N4O2. The van der Waals surface area contributed by atoms with E-state index in [-0.39, 0.29) is 6.03 Å². The van der Waals surface area contributed by atoms with E-state index in [2.05, 4.69) is 26.4 Å². The lowest BCUT2D eigenvalue weighted by molar-refractivity contribution is 0.167. The number of aromatic nitrogens is 2. The lowest BCUT2D eigenvalue weighted by Gasteiger charge is -2.12. The van der Waals surface area contributed by atoms with Gasteiger partial charge in [0.15, 0.2) is 0 Å². The number of rotatable bonds is 7. The summed E-state index contributed by atoms with van der Waals surface area (Å²) in [7, 11) is 0. The zero-order valence-corrected chi connectivity index (χ0v) is 14.4. The van der Waals surface area contributed by atoms with Crippen LogP contribution in [0, 0.1) is 0 Å². The molecule has 6 nitrogen and oxygen atoms in total. The molecule has 2 amide bonds. The second-order valence-electron chi connectivity index (χ2n) is 6.45. The van der Waals surface area contributed by atoms with Crippen LogP contribution in [0.2, 0.25) is 0 Å². The Morgan fingerprint density at radius 3 is 2.80 bits per heavy atom.